The molecule has 0 atom stereocenters. The van der Waals surface area contributed by atoms with Gasteiger partial charge in [0, 0.05) is 32.4 Å². The van der Waals surface area contributed by atoms with E-state index in [0.29, 0.717) is 0 Å². The van der Waals surface area contributed by atoms with E-state index in [9.17, 15) is 4.79 Å². The van der Waals surface area contributed by atoms with Gasteiger partial charge in [-0.25, -0.2) is 4.98 Å². The minimum absolute atomic E-state index is 0.0648. The van der Waals surface area contributed by atoms with E-state index < -0.39 is 0 Å². The van der Waals surface area contributed by atoms with Gasteiger partial charge in [0.1, 0.15) is 0 Å². The highest BCUT2D eigenvalue weighted by Crippen LogP contribution is 2.17. The Morgan fingerprint density at radius 1 is 1.64 bits per heavy atom. The number of carbonyl (C=O) groups excluding carboxylic acids is 1. The second-order valence-corrected chi connectivity index (χ2v) is 2.59. The van der Waals surface area contributed by atoms with Crippen molar-refractivity contribution in [3.05, 3.63) is 12.4 Å². The summed E-state index contributed by atoms with van der Waals surface area (Å²) in [6.45, 7) is 3.19. The summed E-state index contributed by atoms with van der Waals surface area (Å²) < 4.78 is 1.97. The van der Waals surface area contributed by atoms with E-state index in [4.69, 9.17) is 0 Å². The van der Waals surface area contributed by atoms with Crippen LogP contribution in [0, 0.1) is 0 Å². The van der Waals surface area contributed by atoms with Gasteiger partial charge in [0.05, 0.1) is 0 Å². The summed E-state index contributed by atoms with van der Waals surface area (Å²) in [5.41, 5.74) is 0. The summed E-state index contributed by atoms with van der Waals surface area (Å²) in [4.78, 5) is 16.7. The summed E-state index contributed by atoms with van der Waals surface area (Å²) >= 11 is 0. The van der Waals surface area contributed by atoms with Crippen molar-refractivity contribution in [3.63, 3.8) is 0 Å². The summed E-state index contributed by atoms with van der Waals surface area (Å²) in [7, 11) is 0. The number of rotatable bonds is 0. The van der Waals surface area contributed by atoms with Crippen LogP contribution in [-0.2, 0) is 11.3 Å². The maximum absolute atomic E-state index is 11.0. The second kappa shape index (κ2) is 2.08. The normalized spacial score (nSPS) is 15.2. The highest BCUT2D eigenvalue weighted by molar-refractivity contribution is 5.90. The smallest absolute Gasteiger partial charge is 0.226 e. The molecule has 1 aliphatic heterocycles. The first-order valence-electron chi connectivity index (χ1n) is 3.58. The van der Waals surface area contributed by atoms with Gasteiger partial charge in [-0.2, -0.15) is 0 Å². The minimum Gasteiger partial charge on any atom is -0.315 e. The Balaban J connectivity index is 2.38. The summed E-state index contributed by atoms with van der Waals surface area (Å²) in [6, 6.07) is 0. The van der Waals surface area contributed by atoms with Crippen LogP contribution in [0.5, 0.6) is 0 Å². The Kier molecular flexibility index (Phi) is 1.21. The van der Waals surface area contributed by atoms with E-state index >= 15 is 0 Å². The molecule has 1 aliphatic rings. The number of amides is 1. The van der Waals surface area contributed by atoms with Gasteiger partial charge in [0.15, 0.2) is 0 Å². The molecule has 4 nitrogen and oxygen atoms in total. The minimum atomic E-state index is 0.0648. The Morgan fingerprint density at radius 2 is 2.45 bits per heavy atom. The van der Waals surface area contributed by atoms with Crippen LogP contribution in [0.1, 0.15) is 6.92 Å². The van der Waals surface area contributed by atoms with E-state index in [1.165, 1.54) is 0 Å². The maximum atomic E-state index is 11.0. The van der Waals surface area contributed by atoms with Crippen molar-refractivity contribution in [2.75, 3.05) is 11.4 Å². The molecule has 0 fully saturated rings. The fraction of sp³-hybridized carbons (Fsp3) is 0.429. The number of nitrogens with zero attached hydrogens (tertiary/aromatic N) is 3. The van der Waals surface area contributed by atoms with Gasteiger partial charge in [0.2, 0.25) is 11.9 Å². The lowest BCUT2D eigenvalue weighted by atomic mass is 10.5. The second-order valence-electron chi connectivity index (χ2n) is 2.59. The third kappa shape index (κ3) is 0.824. The molecule has 4 heteroatoms. The molecule has 0 saturated carbocycles. The van der Waals surface area contributed by atoms with Crippen molar-refractivity contribution < 1.29 is 4.79 Å². The lowest BCUT2D eigenvalue weighted by Gasteiger charge is -2.09. The number of aromatic nitrogens is 2. The average Bonchev–Trinajstić information content (AvgIpc) is 2.41. The van der Waals surface area contributed by atoms with Gasteiger partial charge in [-0.3, -0.25) is 9.69 Å². The molecule has 0 bridgehead atoms. The summed E-state index contributed by atoms with van der Waals surface area (Å²) in [5, 5.41) is 0. The zero-order chi connectivity index (χ0) is 7.84. The van der Waals surface area contributed by atoms with Crippen LogP contribution >= 0.6 is 0 Å². The molecule has 1 aromatic rings. The molecular weight excluding hydrogens is 142 g/mol. The van der Waals surface area contributed by atoms with Crippen LogP contribution in [-0.4, -0.2) is 22.0 Å². The monoisotopic (exact) mass is 151 g/mol. The molecule has 0 saturated heterocycles. The first-order chi connectivity index (χ1) is 5.29. The van der Waals surface area contributed by atoms with Gasteiger partial charge in [-0.05, 0) is 0 Å². The van der Waals surface area contributed by atoms with Crippen LogP contribution in [0.3, 0.4) is 0 Å². The molecule has 0 aromatic carbocycles. The molecule has 11 heavy (non-hydrogen) atoms. The van der Waals surface area contributed by atoms with E-state index in [-0.39, 0.29) is 5.91 Å². The summed E-state index contributed by atoms with van der Waals surface area (Å²) in [5.74, 6) is 0.840. The van der Waals surface area contributed by atoms with E-state index in [2.05, 4.69) is 4.98 Å². The number of hydrogen-bond acceptors (Lipinski definition) is 2. The molecule has 1 aromatic heterocycles. The average molecular weight is 151 g/mol. The van der Waals surface area contributed by atoms with Gasteiger partial charge in [-0.15, -0.1) is 0 Å². The Hall–Kier alpha value is -1.32. The molecule has 0 unspecified atom stereocenters. The zero-order valence-corrected chi connectivity index (χ0v) is 6.32. The fourth-order valence-corrected chi connectivity index (χ4v) is 1.33. The predicted octanol–water partition coefficient (Wildman–Crippen LogP) is 0.250. The lowest BCUT2D eigenvalue weighted by Crippen LogP contribution is -2.26. The largest absolute Gasteiger partial charge is 0.315 e. The number of carbonyl (C=O) groups is 1. The number of anilines is 1. The molecule has 2 heterocycles. The van der Waals surface area contributed by atoms with Gasteiger partial charge >= 0.3 is 0 Å². The number of imidazole rings is 1. The fourth-order valence-electron chi connectivity index (χ4n) is 1.33. The molecule has 2 rings (SSSR count). The molecule has 0 radical (unpaired) electrons. The van der Waals surface area contributed by atoms with Crippen molar-refractivity contribution in [2.45, 2.75) is 13.5 Å². The van der Waals surface area contributed by atoms with Gasteiger partial charge in [0.25, 0.3) is 0 Å². The lowest BCUT2D eigenvalue weighted by molar-refractivity contribution is -0.116. The van der Waals surface area contributed by atoms with Crippen LogP contribution in [0.4, 0.5) is 5.95 Å². The van der Waals surface area contributed by atoms with Gasteiger partial charge < -0.3 is 4.57 Å². The molecule has 58 valence electrons. The molecule has 1 amide bonds. The number of fused-ring (bicyclic) bond motifs is 1. The first kappa shape index (κ1) is 6.39. The number of hydrogen-bond donors (Lipinski definition) is 0. The first-order valence-corrected chi connectivity index (χ1v) is 3.58. The zero-order valence-electron chi connectivity index (χ0n) is 6.32. The van der Waals surface area contributed by atoms with Crippen LogP contribution in [0.25, 0.3) is 0 Å². The topological polar surface area (TPSA) is 38.1 Å². The van der Waals surface area contributed by atoms with Crippen molar-refractivity contribution in [3.8, 4) is 0 Å². The summed E-state index contributed by atoms with van der Waals surface area (Å²) in [6.07, 6.45) is 3.60. The van der Waals surface area contributed by atoms with Crippen LogP contribution < -0.4 is 4.90 Å². The van der Waals surface area contributed by atoms with E-state index in [1.807, 2.05) is 10.8 Å². The van der Waals surface area contributed by atoms with Crippen molar-refractivity contribution in [1.29, 1.82) is 0 Å². The van der Waals surface area contributed by atoms with E-state index in [0.717, 1.165) is 19.0 Å². The highest BCUT2D eigenvalue weighted by Gasteiger charge is 2.22. The van der Waals surface area contributed by atoms with Crippen LogP contribution in [0.2, 0.25) is 0 Å². The van der Waals surface area contributed by atoms with Crippen molar-refractivity contribution in [2.24, 2.45) is 0 Å². The highest BCUT2D eigenvalue weighted by atomic mass is 16.2. The Morgan fingerprint density at radius 3 is 3.18 bits per heavy atom. The third-order valence-electron chi connectivity index (χ3n) is 1.88. The SMILES string of the molecule is CC(=O)N1CCn2ccnc21. The van der Waals surface area contributed by atoms with Crippen LogP contribution in [0.15, 0.2) is 12.4 Å². The maximum Gasteiger partial charge on any atom is 0.226 e. The Bertz CT molecular complexity index is 292. The van der Waals surface area contributed by atoms with Crippen molar-refractivity contribution in [1.82, 2.24) is 9.55 Å². The molecule has 0 aliphatic carbocycles. The Labute approximate surface area is 64.4 Å². The molecule has 0 spiro atoms. The molecular formula is C7H9N3O. The van der Waals surface area contributed by atoms with Crippen molar-refractivity contribution >= 4 is 11.9 Å². The third-order valence-corrected chi connectivity index (χ3v) is 1.88. The van der Waals surface area contributed by atoms with E-state index in [1.54, 1.807) is 18.0 Å². The van der Waals surface area contributed by atoms with Gasteiger partial charge in [-0.1, -0.05) is 0 Å². The molecule has 0 N–H and O–H groups in total. The predicted molar refractivity (Wildman–Crippen MR) is 40.3 cm³/mol. The standard InChI is InChI=1S/C7H9N3O/c1-6(11)10-5-4-9-3-2-8-7(9)10/h2-3H,4-5H2,1H3. The quantitative estimate of drug-likeness (QED) is 0.533.